The van der Waals surface area contributed by atoms with Gasteiger partial charge < -0.3 is 19.3 Å². The van der Waals surface area contributed by atoms with Crippen molar-refractivity contribution in [2.75, 3.05) is 6.79 Å². The first-order valence-electron chi connectivity index (χ1n) is 10.2. The molecule has 29 heavy (non-hydrogen) atoms. The molecule has 1 heterocycles. The Balaban J connectivity index is 1.29. The Morgan fingerprint density at radius 3 is 2.72 bits per heavy atom. The molecule has 0 radical (unpaired) electrons. The molecule has 4 aliphatic carbocycles. The maximum absolute atomic E-state index is 12.7. The minimum Gasteiger partial charge on any atom is -0.467 e. The molecular weight excluding hydrogens is 378 g/mol. The molecule has 1 aromatic carbocycles. The second-order valence-corrected chi connectivity index (χ2v) is 9.48. The van der Waals surface area contributed by atoms with E-state index in [1.807, 2.05) is 0 Å². The molecule has 0 amide bonds. The predicted octanol–water partition coefficient (Wildman–Crippen LogP) is 3.23. The summed E-state index contributed by atoms with van der Waals surface area (Å²) in [4.78, 5) is 23.4. The van der Waals surface area contributed by atoms with Gasteiger partial charge in [0.15, 0.2) is 6.79 Å². The lowest BCUT2D eigenvalue weighted by molar-refractivity contribution is -0.385. The molecule has 0 spiro atoms. The molecule has 8 nitrogen and oxygen atoms in total. The van der Waals surface area contributed by atoms with Gasteiger partial charge >= 0.3 is 5.97 Å². The number of nitro groups is 1. The van der Waals surface area contributed by atoms with Crippen LogP contribution in [0, 0.1) is 27.4 Å². The van der Waals surface area contributed by atoms with Crippen LogP contribution in [0.25, 0.3) is 0 Å². The summed E-state index contributed by atoms with van der Waals surface area (Å²) in [6.07, 6.45) is 5.82. The molecule has 4 saturated carbocycles. The number of ether oxygens (including phenoxy) is 3. The third kappa shape index (κ3) is 3.48. The molecule has 1 aliphatic heterocycles. The molecule has 4 atom stereocenters. The summed E-state index contributed by atoms with van der Waals surface area (Å²) in [5.74, 6) is 1.19. The van der Waals surface area contributed by atoms with Crippen LogP contribution in [0.5, 0.6) is 5.75 Å². The van der Waals surface area contributed by atoms with E-state index in [0.29, 0.717) is 41.6 Å². The quantitative estimate of drug-likeness (QED) is 0.457. The van der Waals surface area contributed by atoms with Crippen LogP contribution in [0.3, 0.4) is 0 Å². The van der Waals surface area contributed by atoms with Gasteiger partial charge in [0, 0.05) is 23.3 Å². The van der Waals surface area contributed by atoms with Gasteiger partial charge in [-0.05, 0) is 55.8 Å². The van der Waals surface area contributed by atoms with Gasteiger partial charge in [0.2, 0.25) is 0 Å². The van der Waals surface area contributed by atoms with Crippen molar-refractivity contribution in [3.63, 3.8) is 0 Å². The van der Waals surface area contributed by atoms with Crippen LogP contribution in [0.15, 0.2) is 12.1 Å². The zero-order chi connectivity index (χ0) is 20.2. The number of esters is 1. The number of carbonyl (C=O) groups excluding carboxylic acids is 1. The minimum absolute atomic E-state index is 0.0657. The second-order valence-electron chi connectivity index (χ2n) is 9.48. The zero-order valence-electron chi connectivity index (χ0n) is 16.2. The number of non-ortho nitro benzene ring substituents is 1. The molecule has 0 aromatic heterocycles. The molecule has 5 aliphatic rings. The highest BCUT2D eigenvalue weighted by Crippen LogP contribution is 2.62. The number of nitrogens with zero attached hydrogens (tertiary/aromatic N) is 1. The maximum atomic E-state index is 12.7. The third-order valence-electron chi connectivity index (χ3n) is 7.04. The summed E-state index contributed by atoms with van der Waals surface area (Å²) in [5, 5.41) is 22.1. The normalized spacial score (nSPS) is 34.4. The van der Waals surface area contributed by atoms with E-state index in [1.54, 1.807) is 0 Å². The van der Waals surface area contributed by atoms with Crippen LogP contribution in [-0.2, 0) is 27.5 Å². The van der Waals surface area contributed by atoms with Crippen molar-refractivity contribution in [2.24, 2.45) is 17.3 Å². The van der Waals surface area contributed by atoms with Crippen molar-refractivity contribution >= 4 is 11.7 Å². The molecule has 0 saturated heterocycles. The lowest BCUT2D eigenvalue weighted by Gasteiger charge is -2.60. The predicted molar refractivity (Wildman–Crippen MR) is 99.9 cm³/mol. The number of hydrogen-bond donors (Lipinski definition) is 1. The van der Waals surface area contributed by atoms with Crippen LogP contribution in [-0.4, -0.2) is 28.4 Å². The van der Waals surface area contributed by atoms with Gasteiger partial charge in [0.25, 0.3) is 5.69 Å². The van der Waals surface area contributed by atoms with Crippen molar-refractivity contribution in [1.29, 1.82) is 0 Å². The van der Waals surface area contributed by atoms with Gasteiger partial charge in [-0.25, -0.2) is 0 Å². The van der Waals surface area contributed by atoms with E-state index < -0.39 is 10.5 Å². The Morgan fingerprint density at radius 1 is 1.28 bits per heavy atom. The van der Waals surface area contributed by atoms with Gasteiger partial charge in [0.1, 0.15) is 12.4 Å². The van der Waals surface area contributed by atoms with E-state index in [1.165, 1.54) is 18.6 Å². The Kier molecular flexibility index (Phi) is 4.33. The molecule has 8 heteroatoms. The fourth-order valence-corrected chi connectivity index (χ4v) is 6.62. The summed E-state index contributed by atoms with van der Waals surface area (Å²) in [7, 11) is 0. The van der Waals surface area contributed by atoms with Crippen LogP contribution < -0.4 is 4.74 Å². The van der Waals surface area contributed by atoms with Crippen LogP contribution in [0.1, 0.15) is 56.1 Å². The van der Waals surface area contributed by atoms with Crippen molar-refractivity contribution in [3.8, 4) is 5.75 Å². The molecule has 156 valence electrons. The number of benzene rings is 1. The van der Waals surface area contributed by atoms with Crippen LogP contribution >= 0.6 is 0 Å². The van der Waals surface area contributed by atoms with Crippen molar-refractivity contribution in [2.45, 2.75) is 63.8 Å². The third-order valence-corrected chi connectivity index (χ3v) is 7.04. The molecule has 4 bridgehead atoms. The summed E-state index contributed by atoms with van der Waals surface area (Å²) >= 11 is 0. The Morgan fingerprint density at radius 2 is 2.03 bits per heavy atom. The highest BCUT2D eigenvalue weighted by atomic mass is 16.7. The Labute approximate surface area is 168 Å². The molecule has 1 aromatic rings. The first-order valence-corrected chi connectivity index (χ1v) is 10.2. The highest BCUT2D eigenvalue weighted by molar-refractivity contribution is 5.70. The van der Waals surface area contributed by atoms with Crippen LogP contribution in [0.2, 0.25) is 0 Å². The van der Waals surface area contributed by atoms with Crippen molar-refractivity contribution < 1.29 is 29.0 Å². The van der Waals surface area contributed by atoms with E-state index in [9.17, 15) is 20.0 Å². The number of carbonyl (C=O) groups is 1. The van der Waals surface area contributed by atoms with E-state index in [4.69, 9.17) is 14.2 Å². The molecule has 1 N–H and O–H groups in total. The standard InChI is InChI=1S/C21H25NO7/c23-18(8-20-4-13-1-14(5-20)7-21(24,6-13)11-20)28-10-16-3-17(22(25)26)2-15-9-27-12-29-19(15)16/h2-3,13-14,24H,1,4-12H2/t13-,14+,20?,21?. The minimum atomic E-state index is -0.614. The SMILES string of the molecule is O=C(CC12C[C@@H]3C[C@@H](CC(O)(C3)C1)C2)OCc1cc([N+](=O)[O-])cc2c1OCOC2. The lowest BCUT2D eigenvalue weighted by atomic mass is 9.47. The topological polar surface area (TPSA) is 108 Å². The van der Waals surface area contributed by atoms with Gasteiger partial charge in [0.05, 0.1) is 23.6 Å². The van der Waals surface area contributed by atoms with Crippen LogP contribution in [0.4, 0.5) is 5.69 Å². The number of hydrogen-bond acceptors (Lipinski definition) is 7. The summed E-state index contributed by atoms with van der Waals surface area (Å²) in [6, 6.07) is 2.82. The lowest BCUT2D eigenvalue weighted by Crippen LogP contribution is -2.56. The van der Waals surface area contributed by atoms with Gasteiger partial charge in [-0.15, -0.1) is 0 Å². The van der Waals surface area contributed by atoms with Gasteiger partial charge in [-0.1, -0.05) is 0 Å². The zero-order valence-corrected chi connectivity index (χ0v) is 16.2. The van der Waals surface area contributed by atoms with E-state index in [-0.39, 0.29) is 37.1 Å². The number of nitro benzene ring substituents is 1. The fraction of sp³-hybridized carbons (Fsp3) is 0.667. The van der Waals surface area contributed by atoms with Crippen molar-refractivity contribution in [3.05, 3.63) is 33.4 Å². The average molecular weight is 403 g/mol. The first-order chi connectivity index (χ1) is 13.8. The summed E-state index contributed by atoms with van der Waals surface area (Å²) in [6.45, 7) is 0.217. The molecule has 6 rings (SSSR count). The van der Waals surface area contributed by atoms with Crippen molar-refractivity contribution in [1.82, 2.24) is 0 Å². The first kappa shape index (κ1) is 18.8. The van der Waals surface area contributed by atoms with Gasteiger partial charge in [-0.2, -0.15) is 0 Å². The molecular formula is C21H25NO7. The van der Waals surface area contributed by atoms with E-state index >= 15 is 0 Å². The number of fused-ring (bicyclic) bond motifs is 1. The average Bonchev–Trinajstić information content (AvgIpc) is 2.63. The number of aliphatic hydroxyl groups is 1. The summed E-state index contributed by atoms with van der Waals surface area (Å²) < 4.78 is 16.2. The maximum Gasteiger partial charge on any atom is 0.306 e. The largest absolute Gasteiger partial charge is 0.467 e. The highest BCUT2D eigenvalue weighted by Gasteiger charge is 2.57. The fourth-order valence-electron chi connectivity index (χ4n) is 6.62. The van der Waals surface area contributed by atoms with E-state index in [2.05, 4.69) is 0 Å². The second kappa shape index (κ2) is 6.67. The number of rotatable bonds is 5. The summed E-state index contributed by atoms with van der Waals surface area (Å²) in [5.41, 5.74) is 0.210. The van der Waals surface area contributed by atoms with Gasteiger partial charge in [-0.3, -0.25) is 14.9 Å². The Hall–Kier alpha value is -2.19. The Bertz CT molecular complexity index is 853. The molecule has 4 fully saturated rings. The molecule has 2 unspecified atom stereocenters. The monoisotopic (exact) mass is 403 g/mol. The van der Waals surface area contributed by atoms with E-state index in [0.717, 1.165) is 25.7 Å². The smallest absolute Gasteiger partial charge is 0.306 e.